The van der Waals surface area contributed by atoms with E-state index in [2.05, 4.69) is 41.5 Å². The summed E-state index contributed by atoms with van der Waals surface area (Å²) >= 11 is 0. The highest BCUT2D eigenvalue weighted by molar-refractivity contribution is 5.25. The molecule has 144 valence electrons. The fraction of sp³-hybridized carbons (Fsp3) is 1.00. The molecule has 2 heteroatoms. The number of fused-ring (bicyclic) bond motifs is 5. The second kappa shape index (κ2) is 4.85. The van der Waals surface area contributed by atoms with E-state index in [1.165, 1.54) is 44.9 Å². The van der Waals surface area contributed by atoms with Crippen LogP contribution < -0.4 is 5.73 Å². The summed E-state index contributed by atoms with van der Waals surface area (Å²) in [6.07, 6.45) is 10.8. The lowest BCUT2D eigenvalue weighted by atomic mass is 9.27. The zero-order valence-corrected chi connectivity index (χ0v) is 17.5. The SMILES string of the molecule is C[C@@]12CC[C@]3(C)[C@](C)(CC[C@]4(C)[C@@H](N)CC[C@@]34C)[C@@]1(C)CC[C@H](O)C2. The van der Waals surface area contributed by atoms with Crippen LogP contribution in [0.15, 0.2) is 0 Å². The molecule has 4 fully saturated rings. The second-order valence-electron chi connectivity index (χ2n) is 11.8. The van der Waals surface area contributed by atoms with E-state index in [-0.39, 0.29) is 11.5 Å². The minimum absolute atomic E-state index is 0.0876. The average Bonchev–Trinajstić information content (AvgIpc) is 2.79. The fourth-order valence-corrected chi connectivity index (χ4v) is 9.11. The summed E-state index contributed by atoms with van der Waals surface area (Å²) in [6, 6.07) is 0.369. The van der Waals surface area contributed by atoms with Crippen LogP contribution in [0.5, 0.6) is 0 Å². The monoisotopic (exact) mass is 347 g/mol. The fourth-order valence-electron chi connectivity index (χ4n) is 9.11. The largest absolute Gasteiger partial charge is 0.393 e. The predicted molar refractivity (Wildman–Crippen MR) is 104 cm³/mol. The number of aliphatic hydroxyl groups is 1. The first-order valence-corrected chi connectivity index (χ1v) is 10.8. The van der Waals surface area contributed by atoms with Crippen LogP contribution in [0.2, 0.25) is 0 Å². The van der Waals surface area contributed by atoms with Crippen molar-refractivity contribution in [1.82, 2.24) is 0 Å². The molecule has 0 aromatic carbocycles. The van der Waals surface area contributed by atoms with Gasteiger partial charge in [-0.15, -0.1) is 0 Å². The lowest BCUT2D eigenvalue weighted by Gasteiger charge is -2.77. The molecule has 8 atom stereocenters. The lowest BCUT2D eigenvalue weighted by molar-refractivity contribution is -0.287. The van der Waals surface area contributed by atoms with Gasteiger partial charge in [0.15, 0.2) is 0 Å². The summed E-state index contributed by atoms with van der Waals surface area (Å²) in [5, 5.41) is 10.4. The van der Waals surface area contributed by atoms with E-state index in [1.807, 2.05) is 0 Å². The Morgan fingerprint density at radius 2 is 1.24 bits per heavy atom. The molecule has 25 heavy (non-hydrogen) atoms. The number of hydrogen-bond donors (Lipinski definition) is 2. The molecule has 0 heterocycles. The van der Waals surface area contributed by atoms with Gasteiger partial charge in [-0.25, -0.2) is 0 Å². The Bertz CT molecular complexity index is 591. The Kier molecular flexibility index (Phi) is 3.55. The average molecular weight is 348 g/mol. The third kappa shape index (κ3) is 1.71. The third-order valence-electron chi connectivity index (χ3n) is 12.0. The highest BCUT2D eigenvalue weighted by Gasteiger charge is 2.76. The van der Waals surface area contributed by atoms with Crippen molar-refractivity contribution < 1.29 is 5.11 Å². The third-order valence-corrected chi connectivity index (χ3v) is 12.0. The molecule has 4 rings (SSSR count). The Morgan fingerprint density at radius 1 is 0.680 bits per heavy atom. The molecular formula is C23H41NO. The van der Waals surface area contributed by atoms with E-state index in [9.17, 15) is 5.11 Å². The maximum atomic E-state index is 10.4. The van der Waals surface area contributed by atoms with E-state index in [0.29, 0.717) is 33.1 Å². The molecule has 0 aliphatic heterocycles. The minimum Gasteiger partial charge on any atom is -0.393 e. The Balaban J connectivity index is 1.86. The van der Waals surface area contributed by atoms with Crippen LogP contribution in [-0.4, -0.2) is 17.3 Å². The zero-order chi connectivity index (χ0) is 18.5. The molecule has 4 aliphatic rings. The number of nitrogens with two attached hydrogens (primary N) is 1. The van der Waals surface area contributed by atoms with Crippen molar-refractivity contribution in [3.63, 3.8) is 0 Å². The molecule has 0 aromatic rings. The van der Waals surface area contributed by atoms with Crippen molar-refractivity contribution in [3.8, 4) is 0 Å². The number of rotatable bonds is 0. The van der Waals surface area contributed by atoms with Gasteiger partial charge in [0.1, 0.15) is 0 Å². The lowest BCUT2D eigenvalue weighted by Crippen LogP contribution is -2.71. The van der Waals surface area contributed by atoms with Crippen LogP contribution in [0.1, 0.15) is 99.3 Å². The van der Waals surface area contributed by atoms with Crippen molar-refractivity contribution in [2.24, 2.45) is 38.2 Å². The molecule has 4 saturated carbocycles. The van der Waals surface area contributed by atoms with E-state index in [0.717, 1.165) is 12.8 Å². The van der Waals surface area contributed by atoms with Gasteiger partial charge in [-0.2, -0.15) is 0 Å². The van der Waals surface area contributed by atoms with Gasteiger partial charge in [0.05, 0.1) is 6.10 Å². The molecule has 2 nitrogen and oxygen atoms in total. The van der Waals surface area contributed by atoms with E-state index >= 15 is 0 Å². The number of hydrogen-bond acceptors (Lipinski definition) is 2. The maximum absolute atomic E-state index is 10.4. The summed E-state index contributed by atoms with van der Waals surface area (Å²) in [5.74, 6) is 0. The van der Waals surface area contributed by atoms with Crippen molar-refractivity contribution in [3.05, 3.63) is 0 Å². The van der Waals surface area contributed by atoms with Crippen LogP contribution in [0.25, 0.3) is 0 Å². The van der Waals surface area contributed by atoms with E-state index < -0.39 is 0 Å². The molecular weight excluding hydrogens is 306 g/mol. The molecule has 0 aromatic heterocycles. The first-order valence-electron chi connectivity index (χ1n) is 10.8. The Labute approximate surface area is 155 Å². The van der Waals surface area contributed by atoms with Crippen molar-refractivity contribution in [2.45, 2.75) is 111 Å². The molecule has 3 N–H and O–H groups in total. The quantitative estimate of drug-likeness (QED) is 0.626. The van der Waals surface area contributed by atoms with E-state index in [4.69, 9.17) is 5.73 Å². The van der Waals surface area contributed by atoms with Gasteiger partial charge in [0, 0.05) is 6.04 Å². The van der Waals surface area contributed by atoms with Crippen LogP contribution in [0.4, 0.5) is 0 Å². The minimum atomic E-state index is -0.0876. The van der Waals surface area contributed by atoms with Crippen molar-refractivity contribution >= 4 is 0 Å². The smallest absolute Gasteiger partial charge is 0.0545 e. The maximum Gasteiger partial charge on any atom is 0.0545 e. The van der Waals surface area contributed by atoms with Crippen molar-refractivity contribution in [2.75, 3.05) is 0 Å². The molecule has 0 bridgehead atoms. The highest BCUT2D eigenvalue weighted by Crippen LogP contribution is 2.82. The number of aliphatic hydroxyl groups excluding tert-OH is 1. The van der Waals surface area contributed by atoms with Gasteiger partial charge < -0.3 is 10.8 Å². The van der Waals surface area contributed by atoms with Gasteiger partial charge in [-0.1, -0.05) is 41.5 Å². The van der Waals surface area contributed by atoms with Gasteiger partial charge >= 0.3 is 0 Å². The molecule has 4 aliphatic carbocycles. The first-order chi connectivity index (χ1) is 11.4. The predicted octanol–water partition coefficient (Wildman–Crippen LogP) is 5.28. The van der Waals surface area contributed by atoms with Crippen LogP contribution in [-0.2, 0) is 0 Å². The normalized spacial score (nSPS) is 64.3. The molecule has 0 amide bonds. The van der Waals surface area contributed by atoms with Gasteiger partial charge in [0.2, 0.25) is 0 Å². The Morgan fingerprint density at radius 3 is 1.92 bits per heavy atom. The second-order valence-corrected chi connectivity index (χ2v) is 11.8. The van der Waals surface area contributed by atoms with Crippen molar-refractivity contribution in [1.29, 1.82) is 0 Å². The van der Waals surface area contributed by atoms with Gasteiger partial charge in [-0.3, -0.25) is 0 Å². The van der Waals surface area contributed by atoms with Crippen LogP contribution in [0, 0.1) is 32.5 Å². The van der Waals surface area contributed by atoms with E-state index in [1.54, 1.807) is 0 Å². The van der Waals surface area contributed by atoms with Crippen LogP contribution in [0.3, 0.4) is 0 Å². The Hall–Kier alpha value is -0.0800. The van der Waals surface area contributed by atoms with Gasteiger partial charge in [0.25, 0.3) is 0 Å². The van der Waals surface area contributed by atoms with Crippen LogP contribution >= 0.6 is 0 Å². The summed E-state index contributed by atoms with van der Waals surface area (Å²) in [7, 11) is 0. The standard InChI is InChI=1S/C23H41NO/c1-18-11-13-23(6)21(4)10-8-17(24)19(21,2)12-14-22(23,5)20(18,3)9-7-16(25)15-18/h16-17,25H,7-15,24H2,1-6H3/t16-,17-,18-,19+,20-,21+,22+,23-/m0/s1. The summed E-state index contributed by atoms with van der Waals surface area (Å²) in [6.45, 7) is 15.5. The molecule has 0 unspecified atom stereocenters. The molecule has 0 radical (unpaired) electrons. The van der Waals surface area contributed by atoms with Gasteiger partial charge in [-0.05, 0) is 90.3 Å². The topological polar surface area (TPSA) is 46.2 Å². The summed E-state index contributed by atoms with van der Waals surface area (Å²) in [5.41, 5.74) is 8.63. The molecule has 0 spiro atoms. The molecule has 0 saturated heterocycles. The zero-order valence-electron chi connectivity index (χ0n) is 17.5. The summed E-state index contributed by atoms with van der Waals surface area (Å²) < 4.78 is 0. The summed E-state index contributed by atoms with van der Waals surface area (Å²) in [4.78, 5) is 0. The highest BCUT2D eigenvalue weighted by atomic mass is 16.3. The first kappa shape index (κ1) is 18.3.